The molecule has 2 heteroatoms. The highest BCUT2D eigenvalue weighted by atomic mass is 16.5. The average Bonchev–Trinajstić information content (AvgIpc) is 2.30. The largest absolute Gasteiger partial charge is 0.390 e. The Morgan fingerprint density at radius 2 is 1.75 bits per heavy atom. The van der Waals surface area contributed by atoms with Crippen molar-refractivity contribution in [2.75, 3.05) is 0 Å². The fourth-order valence-corrected chi connectivity index (χ4v) is 4.56. The SMILES string of the molecule is CC1(C)O[C@]23C[C@H]1CCC2CC[C@](C)(O)C3. The molecule has 2 saturated carbocycles. The highest BCUT2D eigenvalue weighted by molar-refractivity contribution is 5.10. The van der Waals surface area contributed by atoms with Gasteiger partial charge in [-0.25, -0.2) is 0 Å². The third-order valence-electron chi connectivity index (χ3n) is 5.36. The van der Waals surface area contributed by atoms with Crippen molar-refractivity contribution < 1.29 is 9.84 Å². The van der Waals surface area contributed by atoms with Gasteiger partial charge in [-0.05, 0) is 64.7 Å². The van der Waals surface area contributed by atoms with E-state index in [0.29, 0.717) is 11.8 Å². The van der Waals surface area contributed by atoms with Crippen LogP contribution in [0.15, 0.2) is 0 Å². The molecule has 3 fully saturated rings. The molecule has 2 aliphatic carbocycles. The van der Waals surface area contributed by atoms with E-state index in [4.69, 9.17) is 4.74 Å². The molecule has 0 aromatic rings. The molecule has 1 saturated heterocycles. The van der Waals surface area contributed by atoms with E-state index in [1.54, 1.807) is 0 Å². The van der Waals surface area contributed by atoms with Gasteiger partial charge in [-0.3, -0.25) is 0 Å². The van der Waals surface area contributed by atoms with E-state index in [9.17, 15) is 5.11 Å². The van der Waals surface area contributed by atoms with Gasteiger partial charge in [0.2, 0.25) is 0 Å². The fraction of sp³-hybridized carbons (Fsp3) is 1.00. The topological polar surface area (TPSA) is 29.5 Å². The van der Waals surface area contributed by atoms with Crippen molar-refractivity contribution in [3.63, 3.8) is 0 Å². The second kappa shape index (κ2) is 3.02. The Kier molecular flexibility index (Phi) is 2.09. The summed E-state index contributed by atoms with van der Waals surface area (Å²) in [5, 5.41) is 10.3. The van der Waals surface area contributed by atoms with Crippen molar-refractivity contribution in [3.8, 4) is 0 Å². The van der Waals surface area contributed by atoms with Gasteiger partial charge in [0.05, 0.1) is 16.8 Å². The first kappa shape index (κ1) is 11.0. The smallest absolute Gasteiger partial charge is 0.0748 e. The zero-order valence-electron chi connectivity index (χ0n) is 10.8. The van der Waals surface area contributed by atoms with Crippen LogP contribution in [0.2, 0.25) is 0 Å². The lowest BCUT2D eigenvalue weighted by molar-refractivity contribution is -0.171. The lowest BCUT2D eigenvalue weighted by Crippen LogP contribution is -2.51. The molecule has 1 heterocycles. The summed E-state index contributed by atoms with van der Waals surface area (Å²) in [7, 11) is 0. The van der Waals surface area contributed by atoms with Crippen LogP contribution in [0.3, 0.4) is 0 Å². The van der Waals surface area contributed by atoms with Crippen LogP contribution in [0, 0.1) is 11.8 Å². The highest BCUT2D eigenvalue weighted by Gasteiger charge is 2.60. The molecule has 16 heavy (non-hydrogen) atoms. The molecule has 1 spiro atoms. The van der Waals surface area contributed by atoms with E-state index in [2.05, 4.69) is 13.8 Å². The minimum atomic E-state index is -0.501. The van der Waals surface area contributed by atoms with Gasteiger partial charge in [0.15, 0.2) is 0 Å². The summed E-state index contributed by atoms with van der Waals surface area (Å²) in [5.74, 6) is 1.41. The molecular formula is C14H24O2. The van der Waals surface area contributed by atoms with Gasteiger partial charge in [-0.15, -0.1) is 0 Å². The quantitative estimate of drug-likeness (QED) is 0.685. The minimum absolute atomic E-state index is 0.00810. The van der Waals surface area contributed by atoms with E-state index < -0.39 is 5.60 Å². The second-order valence-corrected chi connectivity index (χ2v) is 7.16. The summed E-state index contributed by atoms with van der Waals surface area (Å²) in [6.07, 6.45) is 6.76. The molecule has 1 N–H and O–H groups in total. The molecule has 92 valence electrons. The summed E-state index contributed by atoms with van der Waals surface area (Å²) in [6, 6.07) is 0. The Morgan fingerprint density at radius 1 is 1.06 bits per heavy atom. The standard InChI is InChI=1S/C14H24O2/c1-12(2)11-5-4-10-6-7-13(3,15)9-14(10,8-11)16-12/h10-11,15H,4-9H2,1-3H3/t10?,11-,13+,14+/m1/s1. The maximum atomic E-state index is 10.3. The summed E-state index contributed by atoms with van der Waals surface area (Å²) in [4.78, 5) is 0. The first-order valence-corrected chi connectivity index (χ1v) is 6.76. The summed E-state index contributed by atoms with van der Waals surface area (Å²) in [6.45, 7) is 6.45. The number of hydrogen-bond acceptors (Lipinski definition) is 2. The number of fused-ring (bicyclic) bond motifs is 1. The molecule has 1 aliphatic heterocycles. The Hall–Kier alpha value is -0.0800. The van der Waals surface area contributed by atoms with Crippen LogP contribution in [-0.4, -0.2) is 21.9 Å². The van der Waals surface area contributed by atoms with Crippen molar-refractivity contribution in [2.45, 2.75) is 76.1 Å². The summed E-state index contributed by atoms with van der Waals surface area (Å²) < 4.78 is 6.44. The molecule has 4 atom stereocenters. The van der Waals surface area contributed by atoms with Gasteiger partial charge in [-0.1, -0.05) is 0 Å². The van der Waals surface area contributed by atoms with Crippen LogP contribution in [0.1, 0.15) is 59.3 Å². The lowest BCUT2D eigenvalue weighted by Gasteiger charge is -2.48. The Morgan fingerprint density at radius 3 is 2.50 bits per heavy atom. The maximum Gasteiger partial charge on any atom is 0.0748 e. The van der Waals surface area contributed by atoms with E-state index in [-0.39, 0.29) is 11.2 Å². The first-order valence-electron chi connectivity index (χ1n) is 6.76. The van der Waals surface area contributed by atoms with Gasteiger partial charge in [0, 0.05) is 6.42 Å². The Balaban J connectivity index is 1.93. The zero-order valence-corrected chi connectivity index (χ0v) is 10.8. The van der Waals surface area contributed by atoms with Gasteiger partial charge >= 0.3 is 0 Å². The number of hydrogen-bond donors (Lipinski definition) is 1. The van der Waals surface area contributed by atoms with Crippen LogP contribution in [0.25, 0.3) is 0 Å². The average molecular weight is 224 g/mol. The van der Waals surface area contributed by atoms with Crippen LogP contribution >= 0.6 is 0 Å². The second-order valence-electron chi connectivity index (χ2n) is 7.16. The van der Waals surface area contributed by atoms with Crippen molar-refractivity contribution in [1.82, 2.24) is 0 Å². The zero-order chi connectivity index (χ0) is 11.6. The monoisotopic (exact) mass is 224 g/mol. The van der Waals surface area contributed by atoms with Gasteiger partial charge in [0.25, 0.3) is 0 Å². The Labute approximate surface area is 98.4 Å². The molecule has 2 bridgehead atoms. The molecule has 0 aromatic heterocycles. The predicted octanol–water partition coefficient (Wildman–Crippen LogP) is 2.89. The molecule has 3 aliphatic rings. The van der Waals surface area contributed by atoms with Crippen molar-refractivity contribution in [3.05, 3.63) is 0 Å². The number of aliphatic hydroxyl groups is 1. The molecule has 1 unspecified atom stereocenters. The molecule has 0 aromatic carbocycles. The van der Waals surface area contributed by atoms with Crippen molar-refractivity contribution in [1.29, 1.82) is 0 Å². The summed E-state index contributed by atoms with van der Waals surface area (Å²) in [5.41, 5.74) is -0.463. The normalized spacial score (nSPS) is 54.8. The highest BCUT2D eigenvalue weighted by Crippen LogP contribution is 2.59. The van der Waals surface area contributed by atoms with Crippen LogP contribution in [0.5, 0.6) is 0 Å². The van der Waals surface area contributed by atoms with E-state index >= 15 is 0 Å². The fourth-order valence-electron chi connectivity index (χ4n) is 4.56. The first-order chi connectivity index (χ1) is 7.33. The molecule has 2 nitrogen and oxygen atoms in total. The van der Waals surface area contributed by atoms with Gasteiger partial charge < -0.3 is 9.84 Å². The third-order valence-corrected chi connectivity index (χ3v) is 5.36. The predicted molar refractivity (Wildman–Crippen MR) is 63.2 cm³/mol. The lowest BCUT2D eigenvalue weighted by atomic mass is 9.61. The van der Waals surface area contributed by atoms with E-state index in [0.717, 1.165) is 19.3 Å². The van der Waals surface area contributed by atoms with Crippen LogP contribution < -0.4 is 0 Å². The molecular weight excluding hydrogens is 200 g/mol. The third kappa shape index (κ3) is 1.46. The number of ether oxygens (including phenoxy) is 1. The number of rotatable bonds is 0. The Bertz CT molecular complexity index is 304. The van der Waals surface area contributed by atoms with Gasteiger partial charge in [-0.2, -0.15) is 0 Å². The maximum absolute atomic E-state index is 10.3. The molecule has 0 amide bonds. The van der Waals surface area contributed by atoms with E-state index in [1.165, 1.54) is 19.3 Å². The summed E-state index contributed by atoms with van der Waals surface area (Å²) >= 11 is 0. The molecule has 3 rings (SSSR count). The van der Waals surface area contributed by atoms with Crippen molar-refractivity contribution in [2.24, 2.45) is 11.8 Å². The molecule has 0 radical (unpaired) electrons. The van der Waals surface area contributed by atoms with Crippen molar-refractivity contribution >= 4 is 0 Å². The van der Waals surface area contributed by atoms with Crippen LogP contribution in [0.4, 0.5) is 0 Å². The van der Waals surface area contributed by atoms with E-state index in [1.807, 2.05) is 6.92 Å². The van der Waals surface area contributed by atoms with Crippen LogP contribution in [-0.2, 0) is 4.74 Å². The minimum Gasteiger partial charge on any atom is -0.390 e. The van der Waals surface area contributed by atoms with Gasteiger partial charge in [0.1, 0.15) is 0 Å².